The first-order valence-corrected chi connectivity index (χ1v) is 6.09. The van der Waals surface area contributed by atoms with Crippen molar-refractivity contribution in [3.05, 3.63) is 23.5 Å². The van der Waals surface area contributed by atoms with Crippen molar-refractivity contribution in [2.45, 2.75) is 19.3 Å². The number of aliphatic hydroxyl groups is 1. The molecule has 106 valence electrons. The SMILES string of the molecule is OCC1CCCC1CNc1c(F)c(F)nc(F)c1F. The Labute approximate surface area is 107 Å². The lowest BCUT2D eigenvalue weighted by Gasteiger charge is -2.19. The van der Waals surface area contributed by atoms with Crippen molar-refractivity contribution in [1.29, 1.82) is 0 Å². The lowest BCUT2D eigenvalue weighted by atomic mass is 9.97. The van der Waals surface area contributed by atoms with Gasteiger partial charge >= 0.3 is 0 Å². The van der Waals surface area contributed by atoms with E-state index in [4.69, 9.17) is 5.11 Å². The summed E-state index contributed by atoms with van der Waals surface area (Å²) in [6, 6.07) is 0. The van der Waals surface area contributed by atoms with E-state index in [0.717, 1.165) is 19.3 Å². The number of aliphatic hydroxyl groups excluding tert-OH is 1. The number of nitrogens with one attached hydrogen (secondary N) is 1. The summed E-state index contributed by atoms with van der Waals surface area (Å²) in [4.78, 5) is 2.48. The Kier molecular flexibility index (Phi) is 4.24. The van der Waals surface area contributed by atoms with Gasteiger partial charge in [-0.3, -0.25) is 0 Å². The fourth-order valence-electron chi connectivity index (χ4n) is 2.50. The molecule has 0 bridgehead atoms. The van der Waals surface area contributed by atoms with E-state index < -0.39 is 29.2 Å². The molecule has 1 aromatic heterocycles. The van der Waals surface area contributed by atoms with E-state index >= 15 is 0 Å². The molecule has 2 unspecified atom stereocenters. The Morgan fingerprint density at radius 3 is 2.21 bits per heavy atom. The standard InChI is InChI=1S/C12H14F4N2O/c13-8-10(9(14)12(16)18-11(8)15)17-4-6-2-1-3-7(6)5-19/h6-7,19H,1-5H2,(H,17,18). The second-order valence-electron chi connectivity index (χ2n) is 4.71. The first kappa shape index (κ1) is 14.0. The monoisotopic (exact) mass is 278 g/mol. The summed E-state index contributed by atoms with van der Waals surface area (Å²) >= 11 is 0. The largest absolute Gasteiger partial charge is 0.396 e. The molecule has 0 spiro atoms. The molecular formula is C12H14F4N2O. The number of hydrogen-bond acceptors (Lipinski definition) is 3. The summed E-state index contributed by atoms with van der Waals surface area (Å²) in [5.41, 5.74) is -0.839. The molecule has 1 aromatic rings. The highest BCUT2D eigenvalue weighted by atomic mass is 19.2. The van der Waals surface area contributed by atoms with Crippen molar-refractivity contribution >= 4 is 5.69 Å². The van der Waals surface area contributed by atoms with Crippen LogP contribution in [0.15, 0.2) is 0 Å². The number of pyridine rings is 1. The summed E-state index contributed by atoms with van der Waals surface area (Å²) < 4.78 is 52.5. The summed E-state index contributed by atoms with van der Waals surface area (Å²) in [5.74, 6) is -6.33. The van der Waals surface area contributed by atoms with E-state index in [1.165, 1.54) is 0 Å². The summed E-state index contributed by atoms with van der Waals surface area (Å²) in [7, 11) is 0. The van der Waals surface area contributed by atoms with Crippen LogP contribution < -0.4 is 5.32 Å². The van der Waals surface area contributed by atoms with Crippen molar-refractivity contribution < 1.29 is 22.7 Å². The van der Waals surface area contributed by atoms with Gasteiger partial charge in [0, 0.05) is 13.2 Å². The van der Waals surface area contributed by atoms with Gasteiger partial charge in [0.05, 0.1) is 0 Å². The van der Waals surface area contributed by atoms with Crippen molar-refractivity contribution in [1.82, 2.24) is 4.98 Å². The minimum atomic E-state index is -1.67. The van der Waals surface area contributed by atoms with Crippen LogP contribution in [0.25, 0.3) is 0 Å². The van der Waals surface area contributed by atoms with Gasteiger partial charge in [-0.05, 0) is 24.7 Å². The molecule has 0 aliphatic heterocycles. The van der Waals surface area contributed by atoms with Gasteiger partial charge in [0.2, 0.25) is 11.6 Å². The van der Waals surface area contributed by atoms with Gasteiger partial charge in [-0.25, -0.2) is 0 Å². The van der Waals surface area contributed by atoms with Crippen molar-refractivity contribution in [3.63, 3.8) is 0 Å². The lowest BCUT2D eigenvalue weighted by Crippen LogP contribution is -2.22. The smallest absolute Gasteiger partial charge is 0.253 e. The Morgan fingerprint density at radius 1 is 1.05 bits per heavy atom. The molecule has 0 saturated heterocycles. The highest BCUT2D eigenvalue weighted by Gasteiger charge is 2.28. The van der Waals surface area contributed by atoms with Crippen LogP contribution >= 0.6 is 0 Å². The fraction of sp³-hybridized carbons (Fsp3) is 0.583. The Hall–Kier alpha value is -1.37. The van der Waals surface area contributed by atoms with E-state index in [1.54, 1.807) is 0 Å². The van der Waals surface area contributed by atoms with Crippen LogP contribution in [0, 0.1) is 35.4 Å². The van der Waals surface area contributed by atoms with Gasteiger partial charge in [0.25, 0.3) is 11.9 Å². The van der Waals surface area contributed by atoms with Gasteiger partial charge in [-0.1, -0.05) is 6.42 Å². The maximum atomic E-state index is 13.3. The molecule has 1 aliphatic rings. The first-order valence-electron chi connectivity index (χ1n) is 6.09. The van der Waals surface area contributed by atoms with Crippen molar-refractivity contribution in [2.75, 3.05) is 18.5 Å². The lowest BCUT2D eigenvalue weighted by molar-refractivity contribution is 0.198. The average molecular weight is 278 g/mol. The van der Waals surface area contributed by atoms with E-state index in [1.807, 2.05) is 0 Å². The molecule has 1 aliphatic carbocycles. The molecule has 2 rings (SSSR count). The molecule has 3 nitrogen and oxygen atoms in total. The predicted molar refractivity (Wildman–Crippen MR) is 60.5 cm³/mol. The molecule has 1 heterocycles. The molecule has 2 atom stereocenters. The third kappa shape index (κ3) is 2.80. The number of anilines is 1. The van der Waals surface area contributed by atoms with Crippen LogP contribution in [0.4, 0.5) is 23.2 Å². The second kappa shape index (κ2) is 5.73. The normalized spacial score (nSPS) is 22.8. The quantitative estimate of drug-likeness (QED) is 0.657. The molecule has 0 radical (unpaired) electrons. The molecule has 7 heteroatoms. The molecule has 1 fully saturated rings. The highest BCUT2D eigenvalue weighted by molar-refractivity contribution is 5.45. The highest BCUT2D eigenvalue weighted by Crippen LogP contribution is 2.32. The van der Waals surface area contributed by atoms with Crippen LogP contribution in [0.2, 0.25) is 0 Å². The zero-order chi connectivity index (χ0) is 14.0. The molecule has 2 N–H and O–H groups in total. The van der Waals surface area contributed by atoms with Crippen LogP contribution in [0.3, 0.4) is 0 Å². The predicted octanol–water partition coefficient (Wildman–Crippen LogP) is 2.46. The summed E-state index contributed by atoms with van der Waals surface area (Å²) in [6.45, 7) is 0.151. The minimum Gasteiger partial charge on any atom is -0.396 e. The number of halogens is 4. The number of nitrogens with zero attached hydrogens (tertiary/aromatic N) is 1. The Balaban J connectivity index is 2.11. The first-order chi connectivity index (χ1) is 9.04. The average Bonchev–Trinajstić information content (AvgIpc) is 2.84. The minimum absolute atomic E-state index is 0.00359. The number of rotatable bonds is 4. The van der Waals surface area contributed by atoms with Gasteiger partial charge in [0.1, 0.15) is 5.69 Å². The Morgan fingerprint density at radius 2 is 1.63 bits per heavy atom. The molecular weight excluding hydrogens is 264 g/mol. The number of aromatic nitrogens is 1. The van der Waals surface area contributed by atoms with Crippen molar-refractivity contribution in [3.8, 4) is 0 Å². The third-order valence-corrected chi connectivity index (χ3v) is 3.59. The fourth-order valence-corrected chi connectivity index (χ4v) is 2.50. The zero-order valence-corrected chi connectivity index (χ0v) is 10.1. The van der Waals surface area contributed by atoms with Crippen LogP contribution in [-0.2, 0) is 0 Å². The Bertz CT molecular complexity index is 443. The maximum Gasteiger partial charge on any atom is 0.253 e. The van der Waals surface area contributed by atoms with Gasteiger partial charge in [0.15, 0.2) is 0 Å². The molecule has 1 saturated carbocycles. The van der Waals surface area contributed by atoms with Crippen LogP contribution in [0.5, 0.6) is 0 Å². The van der Waals surface area contributed by atoms with Gasteiger partial charge < -0.3 is 10.4 Å². The zero-order valence-electron chi connectivity index (χ0n) is 10.1. The molecule has 0 aromatic carbocycles. The third-order valence-electron chi connectivity index (χ3n) is 3.59. The van der Waals surface area contributed by atoms with Gasteiger partial charge in [-0.2, -0.15) is 22.5 Å². The summed E-state index contributed by atoms with van der Waals surface area (Å²) in [5, 5.41) is 11.5. The molecule has 0 amide bonds. The molecule has 19 heavy (non-hydrogen) atoms. The summed E-state index contributed by atoms with van der Waals surface area (Å²) in [6.07, 6.45) is 2.56. The van der Waals surface area contributed by atoms with E-state index in [0.29, 0.717) is 0 Å². The van der Waals surface area contributed by atoms with E-state index in [2.05, 4.69) is 10.3 Å². The van der Waals surface area contributed by atoms with Crippen LogP contribution in [-0.4, -0.2) is 23.2 Å². The van der Waals surface area contributed by atoms with E-state index in [-0.39, 0.29) is 25.0 Å². The van der Waals surface area contributed by atoms with Crippen LogP contribution in [0.1, 0.15) is 19.3 Å². The van der Waals surface area contributed by atoms with Crippen molar-refractivity contribution in [2.24, 2.45) is 11.8 Å². The second-order valence-corrected chi connectivity index (χ2v) is 4.71. The number of hydrogen-bond donors (Lipinski definition) is 2. The van der Waals surface area contributed by atoms with E-state index in [9.17, 15) is 17.6 Å². The topological polar surface area (TPSA) is 45.1 Å². The maximum absolute atomic E-state index is 13.3. The van der Waals surface area contributed by atoms with Gasteiger partial charge in [-0.15, -0.1) is 0 Å².